The molecule has 1 aromatic rings. The highest BCUT2D eigenvalue weighted by Crippen LogP contribution is 2.11. The van der Waals surface area contributed by atoms with Gasteiger partial charge in [0.2, 0.25) is 0 Å². The molecule has 3 nitrogen and oxygen atoms in total. The summed E-state index contributed by atoms with van der Waals surface area (Å²) < 4.78 is 0.879. The molecule has 0 aliphatic carbocycles. The van der Waals surface area contributed by atoms with Crippen LogP contribution in [0.1, 0.15) is 19.3 Å². The van der Waals surface area contributed by atoms with Crippen molar-refractivity contribution in [3.63, 3.8) is 0 Å². The summed E-state index contributed by atoms with van der Waals surface area (Å²) in [6.45, 7) is 2.11. The van der Waals surface area contributed by atoms with Gasteiger partial charge in [0.25, 0.3) is 0 Å². The lowest BCUT2D eigenvalue weighted by Gasteiger charge is -2.23. The summed E-state index contributed by atoms with van der Waals surface area (Å²) in [4.78, 5) is 4.34. The van der Waals surface area contributed by atoms with E-state index in [1.54, 1.807) is 0 Å². The maximum Gasteiger partial charge on any atom is 0.127 e. The number of aromatic nitrogens is 1. The minimum atomic E-state index is 0.597. The van der Waals surface area contributed by atoms with Crippen molar-refractivity contribution in [2.75, 3.05) is 18.4 Å². The molecule has 1 aliphatic rings. The Kier molecular flexibility index (Phi) is 3.97. The van der Waals surface area contributed by atoms with Crippen molar-refractivity contribution in [1.29, 1.82) is 0 Å². The second kappa shape index (κ2) is 5.47. The third kappa shape index (κ3) is 3.47. The summed E-state index contributed by atoms with van der Waals surface area (Å²) in [5, 5.41) is 6.85. The zero-order valence-electron chi connectivity index (χ0n) is 8.67. The van der Waals surface area contributed by atoms with E-state index in [0.29, 0.717) is 6.04 Å². The SMILES string of the molecule is Brc1cccc(NC[C@@H]2CCCCN2)n1. The van der Waals surface area contributed by atoms with Crippen LogP contribution < -0.4 is 10.6 Å². The Morgan fingerprint density at radius 1 is 1.47 bits per heavy atom. The molecule has 1 fully saturated rings. The van der Waals surface area contributed by atoms with Gasteiger partial charge in [-0.05, 0) is 47.4 Å². The molecule has 0 aromatic carbocycles. The molecule has 82 valence electrons. The molecule has 0 amide bonds. The summed E-state index contributed by atoms with van der Waals surface area (Å²) in [5.41, 5.74) is 0. The van der Waals surface area contributed by atoms with E-state index in [-0.39, 0.29) is 0 Å². The lowest BCUT2D eigenvalue weighted by molar-refractivity contribution is 0.414. The summed E-state index contributed by atoms with van der Waals surface area (Å²) in [6.07, 6.45) is 3.91. The van der Waals surface area contributed by atoms with Crippen molar-refractivity contribution in [3.05, 3.63) is 22.8 Å². The highest BCUT2D eigenvalue weighted by Gasteiger charge is 2.11. The third-order valence-corrected chi connectivity index (χ3v) is 3.10. The zero-order chi connectivity index (χ0) is 10.5. The van der Waals surface area contributed by atoms with Gasteiger partial charge >= 0.3 is 0 Å². The highest BCUT2D eigenvalue weighted by molar-refractivity contribution is 9.10. The molecule has 1 aromatic heterocycles. The predicted octanol–water partition coefficient (Wildman–Crippen LogP) is 2.40. The van der Waals surface area contributed by atoms with E-state index in [9.17, 15) is 0 Å². The topological polar surface area (TPSA) is 37.0 Å². The number of hydrogen-bond acceptors (Lipinski definition) is 3. The molecule has 0 radical (unpaired) electrons. The molecule has 1 aliphatic heterocycles. The molecular formula is C11H16BrN3. The maximum atomic E-state index is 4.34. The molecule has 0 saturated carbocycles. The Morgan fingerprint density at radius 3 is 3.13 bits per heavy atom. The standard InChI is InChI=1S/C11H16BrN3/c12-10-5-3-6-11(15-10)14-8-9-4-1-2-7-13-9/h3,5-6,9,13H,1-2,4,7-8H2,(H,14,15)/t9-/m0/s1. The van der Waals surface area contributed by atoms with Crippen molar-refractivity contribution in [1.82, 2.24) is 10.3 Å². The van der Waals surface area contributed by atoms with Gasteiger partial charge in [-0.3, -0.25) is 0 Å². The molecule has 2 heterocycles. The first kappa shape index (κ1) is 10.9. The van der Waals surface area contributed by atoms with Crippen LogP contribution in [0.25, 0.3) is 0 Å². The van der Waals surface area contributed by atoms with E-state index in [1.807, 2.05) is 18.2 Å². The first-order valence-electron chi connectivity index (χ1n) is 5.44. The molecule has 4 heteroatoms. The summed E-state index contributed by atoms with van der Waals surface area (Å²) in [6, 6.07) is 6.52. The molecule has 2 rings (SSSR count). The monoisotopic (exact) mass is 269 g/mol. The van der Waals surface area contributed by atoms with E-state index in [0.717, 1.165) is 23.5 Å². The van der Waals surface area contributed by atoms with Crippen molar-refractivity contribution in [2.24, 2.45) is 0 Å². The van der Waals surface area contributed by atoms with E-state index >= 15 is 0 Å². The van der Waals surface area contributed by atoms with Crippen LogP contribution in [0.3, 0.4) is 0 Å². The van der Waals surface area contributed by atoms with Crippen LogP contribution >= 0.6 is 15.9 Å². The van der Waals surface area contributed by atoms with Gasteiger partial charge in [0.1, 0.15) is 10.4 Å². The van der Waals surface area contributed by atoms with Crippen LogP contribution in [0.2, 0.25) is 0 Å². The third-order valence-electron chi connectivity index (χ3n) is 2.66. The quantitative estimate of drug-likeness (QED) is 0.828. The van der Waals surface area contributed by atoms with Crippen LogP contribution in [0.4, 0.5) is 5.82 Å². The number of rotatable bonds is 3. The van der Waals surface area contributed by atoms with E-state index in [4.69, 9.17) is 0 Å². The van der Waals surface area contributed by atoms with Crippen LogP contribution in [-0.2, 0) is 0 Å². The lowest BCUT2D eigenvalue weighted by Crippen LogP contribution is -2.39. The van der Waals surface area contributed by atoms with Crippen LogP contribution in [0.15, 0.2) is 22.8 Å². The highest BCUT2D eigenvalue weighted by atomic mass is 79.9. The van der Waals surface area contributed by atoms with Crippen molar-refractivity contribution in [2.45, 2.75) is 25.3 Å². The maximum absolute atomic E-state index is 4.34. The van der Waals surface area contributed by atoms with Crippen LogP contribution in [0, 0.1) is 0 Å². The van der Waals surface area contributed by atoms with Gasteiger partial charge in [0, 0.05) is 12.6 Å². The molecule has 1 atom stereocenters. The number of halogens is 1. The van der Waals surface area contributed by atoms with E-state index in [1.165, 1.54) is 19.3 Å². The Balaban J connectivity index is 1.81. The second-order valence-electron chi connectivity index (χ2n) is 3.87. The zero-order valence-corrected chi connectivity index (χ0v) is 10.3. The van der Waals surface area contributed by atoms with Crippen molar-refractivity contribution in [3.8, 4) is 0 Å². The first-order chi connectivity index (χ1) is 7.34. The van der Waals surface area contributed by atoms with Gasteiger partial charge in [-0.25, -0.2) is 4.98 Å². The van der Waals surface area contributed by atoms with Gasteiger partial charge in [0.05, 0.1) is 0 Å². The molecule has 1 saturated heterocycles. The van der Waals surface area contributed by atoms with Crippen molar-refractivity contribution < 1.29 is 0 Å². The average molecular weight is 270 g/mol. The Labute approximate surface area is 98.8 Å². The summed E-state index contributed by atoms with van der Waals surface area (Å²) >= 11 is 3.36. The number of piperidine rings is 1. The number of pyridine rings is 1. The summed E-state index contributed by atoms with van der Waals surface area (Å²) in [5.74, 6) is 0.941. The smallest absolute Gasteiger partial charge is 0.127 e. The fourth-order valence-corrected chi connectivity index (χ4v) is 2.18. The number of nitrogens with one attached hydrogen (secondary N) is 2. The van der Waals surface area contributed by atoms with E-state index in [2.05, 4.69) is 31.5 Å². The largest absolute Gasteiger partial charge is 0.368 e. The molecule has 0 unspecified atom stereocenters. The van der Waals surface area contributed by atoms with Gasteiger partial charge in [-0.2, -0.15) is 0 Å². The molecule has 15 heavy (non-hydrogen) atoms. The fourth-order valence-electron chi connectivity index (χ4n) is 1.83. The normalized spacial score (nSPS) is 21.3. The Bertz CT molecular complexity index is 310. The van der Waals surface area contributed by atoms with Gasteiger partial charge in [0.15, 0.2) is 0 Å². The Hall–Kier alpha value is -0.610. The average Bonchev–Trinajstić information content (AvgIpc) is 2.28. The predicted molar refractivity (Wildman–Crippen MR) is 66.1 cm³/mol. The second-order valence-corrected chi connectivity index (χ2v) is 4.69. The van der Waals surface area contributed by atoms with E-state index < -0.39 is 0 Å². The number of nitrogens with zero attached hydrogens (tertiary/aromatic N) is 1. The number of anilines is 1. The summed E-state index contributed by atoms with van der Waals surface area (Å²) in [7, 11) is 0. The minimum absolute atomic E-state index is 0.597. The fraction of sp³-hybridized carbons (Fsp3) is 0.545. The Morgan fingerprint density at radius 2 is 2.40 bits per heavy atom. The molecule has 0 spiro atoms. The molecular weight excluding hydrogens is 254 g/mol. The van der Waals surface area contributed by atoms with Gasteiger partial charge in [-0.1, -0.05) is 12.5 Å². The lowest BCUT2D eigenvalue weighted by atomic mass is 10.1. The van der Waals surface area contributed by atoms with Crippen molar-refractivity contribution >= 4 is 21.7 Å². The molecule has 0 bridgehead atoms. The van der Waals surface area contributed by atoms with Gasteiger partial charge in [-0.15, -0.1) is 0 Å². The minimum Gasteiger partial charge on any atom is -0.368 e. The van der Waals surface area contributed by atoms with Gasteiger partial charge < -0.3 is 10.6 Å². The number of hydrogen-bond donors (Lipinski definition) is 2. The van der Waals surface area contributed by atoms with Crippen LogP contribution in [0.5, 0.6) is 0 Å². The van der Waals surface area contributed by atoms with Crippen LogP contribution in [-0.4, -0.2) is 24.1 Å². The first-order valence-corrected chi connectivity index (χ1v) is 6.24. The molecule has 2 N–H and O–H groups in total.